The third kappa shape index (κ3) is 4.56. The average Bonchev–Trinajstić information content (AvgIpc) is 2.63. The minimum atomic E-state index is -0.252. The fraction of sp³-hybridized carbons (Fsp3) is 0.706. The second-order valence-electron chi connectivity index (χ2n) is 6.25. The van der Waals surface area contributed by atoms with Crippen molar-refractivity contribution in [2.24, 2.45) is 0 Å². The van der Waals surface area contributed by atoms with E-state index in [4.69, 9.17) is 14.2 Å². The van der Waals surface area contributed by atoms with E-state index in [9.17, 15) is 4.79 Å². The van der Waals surface area contributed by atoms with Gasteiger partial charge in [0.15, 0.2) is 0 Å². The Bertz CT molecular complexity index is 531. The summed E-state index contributed by atoms with van der Waals surface area (Å²) in [6.45, 7) is 4.60. The third-order valence-corrected chi connectivity index (χ3v) is 4.43. The number of aromatic nitrogens is 2. The van der Waals surface area contributed by atoms with Gasteiger partial charge in [0.2, 0.25) is 0 Å². The molecule has 1 unspecified atom stereocenters. The topological polar surface area (TPSA) is 73.8 Å². The Morgan fingerprint density at radius 1 is 1.25 bits per heavy atom. The summed E-state index contributed by atoms with van der Waals surface area (Å²) in [6.07, 6.45) is 7.41. The molecule has 2 aliphatic heterocycles. The predicted octanol–water partition coefficient (Wildman–Crippen LogP) is 2.20. The van der Waals surface area contributed by atoms with Crippen LogP contribution in [0.5, 0.6) is 6.01 Å². The molecule has 0 bridgehead atoms. The van der Waals surface area contributed by atoms with E-state index >= 15 is 0 Å². The van der Waals surface area contributed by atoms with Crippen molar-refractivity contribution in [1.82, 2.24) is 14.9 Å². The van der Waals surface area contributed by atoms with E-state index in [0.29, 0.717) is 32.3 Å². The lowest BCUT2D eigenvalue weighted by atomic mass is 10.1. The molecule has 2 fully saturated rings. The highest BCUT2D eigenvalue weighted by Crippen LogP contribution is 2.18. The van der Waals surface area contributed by atoms with Gasteiger partial charge in [-0.3, -0.25) is 0 Å². The molecular weight excluding hydrogens is 310 g/mol. The monoisotopic (exact) mass is 335 g/mol. The summed E-state index contributed by atoms with van der Waals surface area (Å²) in [7, 11) is 0. The zero-order valence-corrected chi connectivity index (χ0v) is 14.1. The summed E-state index contributed by atoms with van der Waals surface area (Å²) in [6, 6.07) is 0.372. The van der Waals surface area contributed by atoms with Gasteiger partial charge in [-0.15, -0.1) is 0 Å². The Balaban J connectivity index is 1.50. The Morgan fingerprint density at radius 2 is 2.00 bits per heavy atom. The van der Waals surface area contributed by atoms with Crippen molar-refractivity contribution in [2.45, 2.75) is 51.2 Å². The van der Waals surface area contributed by atoms with Crippen LogP contribution in [0.2, 0.25) is 0 Å². The standard InChI is InChI=1S/C17H25N3O4/c1-2-13-10-18-16(19-11-13)23-15-4-3-7-20(12-15)17(21)24-14-5-8-22-9-6-14/h10-11,14-15H,2-9,12H2,1H3. The van der Waals surface area contributed by atoms with Crippen molar-refractivity contribution in [3.63, 3.8) is 0 Å². The number of rotatable bonds is 4. The molecule has 7 nitrogen and oxygen atoms in total. The van der Waals surface area contributed by atoms with Crippen LogP contribution in [0.3, 0.4) is 0 Å². The molecular formula is C17H25N3O4. The molecule has 0 N–H and O–H groups in total. The first kappa shape index (κ1) is 17.0. The van der Waals surface area contributed by atoms with Gasteiger partial charge in [-0.05, 0) is 24.8 Å². The smallest absolute Gasteiger partial charge is 0.410 e. The van der Waals surface area contributed by atoms with Crippen LogP contribution in [0, 0.1) is 0 Å². The lowest BCUT2D eigenvalue weighted by Crippen LogP contribution is -2.46. The Hall–Kier alpha value is -1.89. The Kier molecular flexibility index (Phi) is 5.85. The van der Waals surface area contributed by atoms with Crippen molar-refractivity contribution in [3.05, 3.63) is 18.0 Å². The van der Waals surface area contributed by atoms with Crippen LogP contribution < -0.4 is 4.74 Å². The zero-order valence-electron chi connectivity index (χ0n) is 14.1. The lowest BCUT2D eigenvalue weighted by molar-refractivity contribution is -0.0177. The van der Waals surface area contributed by atoms with Crippen molar-refractivity contribution >= 4 is 6.09 Å². The van der Waals surface area contributed by atoms with Gasteiger partial charge < -0.3 is 19.1 Å². The molecule has 1 amide bonds. The summed E-state index contributed by atoms with van der Waals surface area (Å²) in [4.78, 5) is 22.5. The molecule has 0 saturated carbocycles. The molecule has 24 heavy (non-hydrogen) atoms. The number of piperidine rings is 1. The van der Waals surface area contributed by atoms with E-state index in [1.807, 2.05) is 0 Å². The maximum Gasteiger partial charge on any atom is 0.410 e. The third-order valence-electron chi connectivity index (χ3n) is 4.43. The van der Waals surface area contributed by atoms with Crippen LogP contribution >= 0.6 is 0 Å². The lowest BCUT2D eigenvalue weighted by Gasteiger charge is -2.33. The van der Waals surface area contributed by atoms with E-state index in [2.05, 4.69) is 16.9 Å². The summed E-state index contributed by atoms with van der Waals surface area (Å²) < 4.78 is 16.7. The van der Waals surface area contributed by atoms with Gasteiger partial charge >= 0.3 is 12.1 Å². The number of hydrogen-bond donors (Lipinski definition) is 0. The van der Waals surface area contributed by atoms with Gasteiger partial charge in [0.1, 0.15) is 12.2 Å². The van der Waals surface area contributed by atoms with Crippen molar-refractivity contribution in [3.8, 4) is 6.01 Å². The molecule has 1 atom stereocenters. The van der Waals surface area contributed by atoms with Crippen molar-refractivity contribution in [1.29, 1.82) is 0 Å². The minimum Gasteiger partial charge on any atom is -0.458 e. The summed E-state index contributed by atoms with van der Waals surface area (Å²) in [5.41, 5.74) is 1.08. The number of carbonyl (C=O) groups excluding carboxylic acids is 1. The molecule has 0 aliphatic carbocycles. The van der Waals surface area contributed by atoms with E-state index in [0.717, 1.165) is 37.7 Å². The number of aryl methyl sites for hydroxylation is 1. The average molecular weight is 335 g/mol. The molecule has 132 valence electrons. The van der Waals surface area contributed by atoms with Crippen LogP contribution in [-0.4, -0.2) is 59.5 Å². The van der Waals surface area contributed by atoms with E-state index in [-0.39, 0.29) is 18.3 Å². The van der Waals surface area contributed by atoms with E-state index in [1.54, 1.807) is 17.3 Å². The number of hydrogen-bond acceptors (Lipinski definition) is 6. The summed E-state index contributed by atoms with van der Waals surface area (Å²) in [5.74, 6) is 0. The molecule has 0 radical (unpaired) electrons. The SMILES string of the molecule is CCc1cnc(OC2CCCN(C(=O)OC3CCOCC3)C2)nc1. The Morgan fingerprint density at radius 3 is 2.71 bits per heavy atom. The number of likely N-dealkylation sites (tertiary alicyclic amines) is 1. The number of carbonyl (C=O) groups is 1. The molecule has 1 aromatic heterocycles. The Labute approximate surface area is 142 Å². The largest absolute Gasteiger partial charge is 0.458 e. The quantitative estimate of drug-likeness (QED) is 0.840. The maximum atomic E-state index is 12.3. The molecule has 3 rings (SSSR count). The van der Waals surface area contributed by atoms with Crippen LogP contribution in [0.1, 0.15) is 38.2 Å². The van der Waals surface area contributed by atoms with Gasteiger partial charge in [-0.25, -0.2) is 14.8 Å². The highest BCUT2D eigenvalue weighted by atomic mass is 16.6. The van der Waals surface area contributed by atoms with Crippen LogP contribution in [0.15, 0.2) is 12.4 Å². The second-order valence-corrected chi connectivity index (χ2v) is 6.25. The van der Waals surface area contributed by atoms with Gasteiger partial charge in [0, 0.05) is 31.8 Å². The van der Waals surface area contributed by atoms with E-state index in [1.165, 1.54) is 0 Å². The molecule has 2 saturated heterocycles. The van der Waals surface area contributed by atoms with Crippen molar-refractivity contribution in [2.75, 3.05) is 26.3 Å². The number of nitrogens with zero attached hydrogens (tertiary/aromatic N) is 3. The molecule has 7 heteroatoms. The first-order valence-corrected chi connectivity index (χ1v) is 8.75. The first-order chi connectivity index (χ1) is 11.7. The molecule has 3 heterocycles. The molecule has 2 aliphatic rings. The molecule has 1 aromatic rings. The second kappa shape index (κ2) is 8.28. The zero-order chi connectivity index (χ0) is 16.8. The van der Waals surface area contributed by atoms with Crippen LogP contribution in [0.4, 0.5) is 4.79 Å². The summed E-state index contributed by atoms with van der Waals surface area (Å²) in [5, 5.41) is 0. The summed E-state index contributed by atoms with van der Waals surface area (Å²) >= 11 is 0. The predicted molar refractivity (Wildman–Crippen MR) is 87.0 cm³/mol. The highest BCUT2D eigenvalue weighted by molar-refractivity contribution is 5.68. The molecule has 0 spiro atoms. The minimum absolute atomic E-state index is 0.0301. The van der Waals surface area contributed by atoms with E-state index < -0.39 is 0 Å². The fourth-order valence-corrected chi connectivity index (χ4v) is 2.95. The van der Waals surface area contributed by atoms with Crippen molar-refractivity contribution < 1.29 is 19.0 Å². The maximum absolute atomic E-state index is 12.3. The molecule has 0 aromatic carbocycles. The van der Waals surface area contributed by atoms with Gasteiger partial charge in [-0.1, -0.05) is 6.92 Å². The number of ether oxygens (including phenoxy) is 3. The number of amides is 1. The fourth-order valence-electron chi connectivity index (χ4n) is 2.95. The van der Waals surface area contributed by atoms with Crippen LogP contribution in [-0.2, 0) is 15.9 Å². The van der Waals surface area contributed by atoms with Gasteiger partial charge in [-0.2, -0.15) is 0 Å². The van der Waals surface area contributed by atoms with Gasteiger partial charge in [0.25, 0.3) is 0 Å². The normalized spacial score (nSPS) is 22.2. The highest BCUT2D eigenvalue weighted by Gasteiger charge is 2.28. The van der Waals surface area contributed by atoms with Crippen LogP contribution in [0.25, 0.3) is 0 Å². The van der Waals surface area contributed by atoms with Gasteiger partial charge in [0.05, 0.1) is 19.8 Å². The first-order valence-electron chi connectivity index (χ1n) is 8.75.